The summed E-state index contributed by atoms with van der Waals surface area (Å²) < 4.78 is 5.63. The number of unbranched alkanes of at least 4 members (excludes halogenated alkanes) is 1. The highest BCUT2D eigenvalue weighted by Crippen LogP contribution is 2.32. The number of nitrogens with one attached hydrogen (secondary N) is 1. The minimum absolute atomic E-state index is 0.149. The number of nitrogens with zero attached hydrogens (tertiary/aromatic N) is 1. The highest BCUT2D eigenvalue weighted by molar-refractivity contribution is 6.22. The van der Waals surface area contributed by atoms with Crippen molar-refractivity contribution in [2.24, 2.45) is 0 Å². The molecule has 0 spiro atoms. The van der Waals surface area contributed by atoms with Crippen LogP contribution in [0.15, 0.2) is 42.5 Å². The molecule has 6 nitrogen and oxygen atoms in total. The molecule has 0 radical (unpaired) electrons. The van der Waals surface area contributed by atoms with Crippen molar-refractivity contribution in [1.29, 1.82) is 0 Å². The van der Waals surface area contributed by atoms with Gasteiger partial charge in [-0.1, -0.05) is 31.5 Å². The molecule has 28 heavy (non-hydrogen) atoms. The van der Waals surface area contributed by atoms with Gasteiger partial charge in [-0.25, -0.2) is 0 Å². The molecule has 3 amide bonds. The minimum Gasteiger partial charge on any atom is -0.493 e. The van der Waals surface area contributed by atoms with Crippen molar-refractivity contribution >= 4 is 17.7 Å². The third kappa shape index (κ3) is 3.15. The normalized spacial score (nSPS) is 17.8. The van der Waals surface area contributed by atoms with Crippen LogP contribution in [0.1, 0.15) is 68.9 Å². The Morgan fingerprint density at radius 1 is 1.14 bits per heavy atom. The van der Waals surface area contributed by atoms with Gasteiger partial charge in [-0.15, -0.1) is 0 Å². The SMILES string of the molecule is CCCCN1C(=O)c2ccc(C(=O)N[C@@H]3CCOc4ccccc43)cc2C1=O. The predicted molar refractivity (Wildman–Crippen MR) is 103 cm³/mol. The number of amides is 3. The Balaban J connectivity index is 1.54. The summed E-state index contributed by atoms with van der Waals surface area (Å²) in [7, 11) is 0. The van der Waals surface area contributed by atoms with Crippen LogP contribution >= 0.6 is 0 Å². The van der Waals surface area contributed by atoms with Crippen LogP contribution in [-0.4, -0.2) is 35.8 Å². The number of ether oxygens (including phenoxy) is 1. The standard InChI is InChI=1S/C22H22N2O4/c1-2-3-11-24-21(26)15-9-8-14(13-17(15)22(24)27)20(25)23-18-10-12-28-19-7-5-4-6-16(18)19/h4-9,13,18H,2-3,10-12H2,1H3,(H,23,25)/t18-/m1/s1. The van der Waals surface area contributed by atoms with E-state index in [0.29, 0.717) is 36.3 Å². The molecule has 6 heteroatoms. The number of fused-ring (bicyclic) bond motifs is 2. The molecular formula is C22H22N2O4. The Hall–Kier alpha value is -3.15. The lowest BCUT2D eigenvalue weighted by atomic mass is 9.99. The summed E-state index contributed by atoms with van der Waals surface area (Å²) in [6.45, 7) is 2.95. The highest BCUT2D eigenvalue weighted by atomic mass is 16.5. The van der Waals surface area contributed by atoms with E-state index in [1.54, 1.807) is 12.1 Å². The van der Waals surface area contributed by atoms with E-state index < -0.39 is 0 Å². The van der Waals surface area contributed by atoms with Crippen molar-refractivity contribution in [3.63, 3.8) is 0 Å². The molecular weight excluding hydrogens is 356 g/mol. The van der Waals surface area contributed by atoms with Gasteiger partial charge in [0.25, 0.3) is 17.7 Å². The molecule has 144 valence electrons. The van der Waals surface area contributed by atoms with Crippen LogP contribution in [0.5, 0.6) is 5.75 Å². The maximum atomic E-state index is 12.8. The molecule has 1 atom stereocenters. The maximum absolute atomic E-state index is 12.8. The topological polar surface area (TPSA) is 75.7 Å². The van der Waals surface area contributed by atoms with Gasteiger partial charge in [0.1, 0.15) is 5.75 Å². The first-order valence-corrected chi connectivity index (χ1v) is 9.63. The largest absolute Gasteiger partial charge is 0.493 e. The van der Waals surface area contributed by atoms with Gasteiger partial charge in [0.2, 0.25) is 0 Å². The first-order chi connectivity index (χ1) is 13.6. The van der Waals surface area contributed by atoms with Crippen LogP contribution in [0, 0.1) is 0 Å². The molecule has 2 aromatic rings. The van der Waals surface area contributed by atoms with Crippen LogP contribution in [0.2, 0.25) is 0 Å². The van der Waals surface area contributed by atoms with E-state index in [1.807, 2.05) is 31.2 Å². The summed E-state index contributed by atoms with van der Waals surface area (Å²) in [5.41, 5.74) is 2.00. The molecule has 0 aliphatic carbocycles. The lowest BCUT2D eigenvalue weighted by Crippen LogP contribution is -2.32. The number of carbonyl (C=O) groups excluding carboxylic acids is 3. The first kappa shape index (κ1) is 18.2. The average Bonchev–Trinajstić information content (AvgIpc) is 2.96. The number of para-hydroxylation sites is 1. The number of imide groups is 1. The molecule has 2 aromatic carbocycles. The van der Waals surface area contributed by atoms with Crippen LogP contribution in [0.3, 0.4) is 0 Å². The fraction of sp³-hybridized carbons (Fsp3) is 0.318. The molecule has 0 bridgehead atoms. The van der Waals surface area contributed by atoms with Crippen LogP contribution in [0.4, 0.5) is 0 Å². The van der Waals surface area contributed by atoms with E-state index in [1.165, 1.54) is 11.0 Å². The van der Waals surface area contributed by atoms with E-state index in [0.717, 1.165) is 24.2 Å². The van der Waals surface area contributed by atoms with Gasteiger partial charge in [-0.05, 0) is 30.7 Å². The van der Waals surface area contributed by atoms with E-state index in [9.17, 15) is 14.4 Å². The van der Waals surface area contributed by atoms with E-state index in [-0.39, 0.29) is 23.8 Å². The van der Waals surface area contributed by atoms with Gasteiger partial charge in [0, 0.05) is 24.1 Å². The molecule has 0 unspecified atom stereocenters. The zero-order valence-corrected chi connectivity index (χ0v) is 15.7. The summed E-state index contributed by atoms with van der Waals surface area (Å²) in [5.74, 6) is -0.0876. The molecule has 1 N–H and O–H groups in total. The van der Waals surface area contributed by atoms with Gasteiger partial charge in [0.15, 0.2) is 0 Å². The number of benzene rings is 2. The monoisotopic (exact) mass is 378 g/mol. The summed E-state index contributed by atoms with van der Waals surface area (Å²) in [6.07, 6.45) is 2.34. The Bertz CT molecular complexity index is 953. The zero-order chi connectivity index (χ0) is 19.7. The fourth-order valence-electron chi connectivity index (χ4n) is 3.68. The molecule has 2 heterocycles. The Morgan fingerprint density at radius 3 is 2.75 bits per heavy atom. The molecule has 0 fully saturated rings. The Morgan fingerprint density at radius 2 is 1.93 bits per heavy atom. The van der Waals surface area contributed by atoms with Gasteiger partial charge in [-0.2, -0.15) is 0 Å². The first-order valence-electron chi connectivity index (χ1n) is 9.63. The summed E-state index contributed by atoms with van der Waals surface area (Å²) >= 11 is 0. The average molecular weight is 378 g/mol. The molecule has 4 rings (SSSR count). The molecule has 0 saturated carbocycles. The van der Waals surface area contributed by atoms with Crippen LogP contribution in [-0.2, 0) is 0 Å². The molecule has 0 saturated heterocycles. The lowest BCUT2D eigenvalue weighted by Gasteiger charge is -2.26. The van der Waals surface area contributed by atoms with Crippen molar-refractivity contribution in [3.05, 3.63) is 64.7 Å². The van der Waals surface area contributed by atoms with Crippen molar-refractivity contribution in [1.82, 2.24) is 10.2 Å². The van der Waals surface area contributed by atoms with Gasteiger partial charge >= 0.3 is 0 Å². The number of hydrogen-bond donors (Lipinski definition) is 1. The van der Waals surface area contributed by atoms with Gasteiger partial charge in [0.05, 0.1) is 23.8 Å². The van der Waals surface area contributed by atoms with Crippen molar-refractivity contribution < 1.29 is 19.1 Å². The predicted octanol–water partition coefficient (Wildman–Crippen LogP) is 3.34. The minimum atomic E-state index is -0.320. The van der Waals surface area contributed by atoms with Crippen molar-refractivity contribution in [2.45, 2.75) is 32.2 Å². The maximum Gasteiger partial charge on any atom is 0.261 e. The summed E-state index contributed by atoms with van der Waals surface area (Å²) in [6, 6.07) is 12.2. The third-order valence-corrected chi connectivity index (χ3v) is 5.23. The third-order valence-electron chi connectivity index (χ3n) is 5.23. The number of carbonyl (C=O) groups is 3. The number of rotatable bonds is 5. The van der Waals surface area contributed by atoms with Crippen LogP contribution < -0.4 is 10.1 Å². The molecule has 2 aliphatic heterocycles. The fourth-order valence-corrected chi connectivity index (χ4v) is 3.68. The Kier molecular flexibility index (Phi) is 4.86. The quantitative estimate of drug-likeness (QED) is 0.810. The van der Waals surface area contributed by atoms with E-state index in [2.05, 4.69) is 5.32 Å². The van der Waals surface area contributed by atoms with Crippen molar-refractivity contribution in [3.8, 4) is 5.75 Å². The van der Waals surface area contributed by atoms with E-state index >= 15 is 0 Å². The summed E-state index contributed by atoms with van der Waals surface area (Å²) in [5, 5.41) is 3.03. The highest BCUT2D eigenvalue weighted by Gasteiger charge is 2.35. The van der Waals surface area contributed by atoms with Crippen molar-refractivity contribution in [2.75, 3.05) is 13.2 Å². The lowest BCUT2D eigenvalue weighted by molar-refractivity contribution is 0.0652. The smallest absolute Gasteiger partial charge is 0.261 e. The Labute approximate surface area is 163 Å². The second kappa shape index (κ2) is 7.46. The van der Waals surface area contributed by atoms with Gasteiger partial charge < -0.3 is 10.1 Å². The molecule has 2 aliphatic rings. The number of hydrogen-bond acceptors (Lipinski definition) is 4. The summed E-state index contributed by atoms with van der Waals surface area (Å²) in [4.78, 5) is 39.1. The second-order valence-electron chi connectivity index (χ2n) is 7.08. The van der Waals surface area contributed by atoms with Crippen LogP contribution in [0.25, 0.3) is 0 Å². The second-order valence-corrected chi connectivity index (χ2v) is 7.08. The van der Waals surface area contributed by atoms with E-state index in [4.69, 9.17) is 4.74 Å². The van der Waals surface area contributed by atoms with Gasteiger partial charge in [-0.3, -0.25) is 19.3 Å². The molecule has 0 aromatic heterocycles. The zero-order valence-electron chi connectivity index (χ0n) is 15.7.